The number of nitriles is 1. The molecule has 0 radical (unpaired) electrons. The average Bonchev–Trinajstić information content (AvgIpc) is 3.29. The van der Waals surface area contributed by atoms with Gasteiger partial charge in [-0.05, 0) is 22.8 Å². The molecule has 40 heavy (non-hydrogen) atoms. The first-order valence-electron chi connectivity index (χ1n) is 12.8. The zero-order valence-corrected chi connectivity index (χ0v) is 21.6. The van der Waals surface area contributed by atoms with Crippen LogP contribution < -0.4 is 20.8 Å². The maximum absolute atomic E-state index is 12.6. The predicted octanol–water partition coefficient (Wildman–Crippen LogP) is 2.00. The SMILES string of the molecule is N#Cc1ccccc1-c1ccc(COc2coc(CN3CCN(C(=O)C[C@H]4NC(=O)NC4=O)CC3)cc2=O)cc1. The number of carbonyl (C=O) groups excluding carboxylic acids is 3. The molecule has 204 valence electrons. The van der Waals surface area contributed by atoms with Gasteiger partial charge in [-0.1, -0.05) is 42.5 Å². The summed E-state index contributed by atoms with van der Waals surface area (Å²) in [5.74, 6) is -0.0868. The van der Waals surface area contributed by atoms with Crippen LogP contribution in [0.3, 0.4) is 0 Å². The summed E-state index contributed by atoms with van der Waals surface area (Å²) >= 11 is 0. The van der Waals surface area contributed by atoms with E-state index in [9.17, 15) is 24.4 Å². The number of amides is 4. The zero-order valence-electron chi connectivity index (χ0n) is 21.6. The number of ether oxygens (including phenoxy) is 1. The van der Waals surface area contributed by atoms with Gasteiger partial charge < -0.3 is 19.4 Å². The van der Waals surface area contributed by atoms with Crippen LogP contribution in [0.5, 0.6) is 5.75 Å². The van der Waals surface area contributed by atoms with Gasteiger partial charge in [0, 0.05) is 32.2 Å². The van der Waals surface area contributed by atoms with Crippen LogP contribution in [0.25, 0.3) is 11.1 Å². The Bertz CT molecular complexity index is 1520. The Morgan fingerprint density at radius 2 is 1.80 bits per heavy atom. The molecule has 1 aromatic heterocycles. The van der Waals surface area contributed by atoms with E-state index in [0.29, 0.717) is 44.0 Å². The van der Waals surface area contributed by atoms with Crippen LogP contribution >= 0.6 is 0 Å². The summed E-state index contributed by atoms with van der Waals surface area (Å²) in [6, 6.07) is 17.2. The fourth-order valence-corrected chi connectivity index (χ4v) is 4.68. The van der Waals surface area contributed by atoms with Crippen molar-refractivity contribution in [3.8, 4) is 22.9 Å². The molecule has 2 aliphatic rings. The molecule has 0 aliphatic carbocycles. The lowest BCUT2D eigenvalue weighted by Crippen LogP contribution is -2.49. The van der Waals surface area contributed by atoms with Crippen molar-refractivity contribution in [3.63, 3.8) is 0 Å². The van der Waals surface area contributed by atoms with E-state index in [-0.39, 0.29) is 30.1 Å². The number of hydrogen-bond donors (Lipinski definition) is 2. The minimum atomic E-state index is -0.834. The number of piperazine rings is 1. The average molecular weight is 542 g/mol. The van der Waals surface area contributed by atoms with Crippen LogP contribution in [0.4, 0.5) is 4.79 Å². The van der Waals surface area contributed by atoms with Crippen molar-refractivity contribution in [2.45, 2.75) is 25.6 Å². The molecule has 2 saturated heterocycles. The van der Waals surface area contributed by atoms with E-state index >= 15 is 0 Å². The first kappa shape index (κ1) is 26.6. The van der Waals surface area contributed by atoms with Crippen molar-refractivity contribution >= 4 is 17.8 Å². The molecule has 0 unspecified atom stereocenters. The molecule has 0 spiro atoms. The monoisotopic (exact) mass is 541 g/mol. The Hall–Kier alpha value is -4.95. The van der Waals surface area contributed by atoms with Crippen LogP contribution in [0.1, 0.15) is 23.3 Å². The number of nitrogens with zero attached hydrogens (tertiary/aromatic N) is 3. The van der Waals surface area contributed by atoms with Crippen molar-refractivity contribution < 1.29 is 23.5 Å². The van der Waals surface area contributed by atoms with Crippen molar-refractivity contribution in [2.75, 3.05) is 26.2 Å². The van der Waals surface area contributed by atoms with Gasteiger partial charge in [0.1, 0.15) is 24.7 Å². The number of imide groups is 1. The summed E-state index contributed by atoms with van der Waals surface area (Å²) in [7, 11) is 0. The second-order valence-corrected chi connectivity index (χ2v) is 9.59. The summed E-state index contributed by atoms with van der Waals surface area (Å²) in [4.78, 5) is 51.8. The van der Waals surface area contributed by atoms with E-state index in [1.807, 2.05) is 42.5 Å². The molecule has 3 aromatic rings. The Morgan fingerprint density at radius 3 is 2.48 bits per heavy atom. The van der Waals surface area contributed by atoms with Gasteiger partial charge >= 0.3 is 6.03 Å². The minimum absolute atomic E-state index is 0.0762. The van der Waals surface area contributed by atoms with Crippen LogP contribution in [0.15, 0.2) is 70.1 Å². The molecule has 0 bridgehead atoms. The van der Waals surface area contributed by atoms with Gasteiger partial charge in [-0.3, -0.25) is 24.6 Å². The van der Waals surface area contributed by atoms with Crippen LogP contribution in [0, 0.1) is 11.3 Å². The van der Waals surface area contributed by atoms with E-state index < -0.39 is 18.0 Å². The molecule has 1 atom stereocenters. The molecule has 2 aliphatic heterocycles. The Labute approximate surface area is 229 Å². The fraction of sp³-hybridized carbons (Fsp3) is 0.276. The highest BCUT2D eigenvalue weighted by atomic mass is 16.5. The summed E-state index contributed by atoms with van der Waals surface area (Å²) < 4.78 is 11.4. The molecule has 11 heteroatoms. The summed E-state index contributed by atoms with van der Waals surface area (Å²) in [5, 5.41) is 13.9. The van der Waals surface area contributed by atoms with E-state index in [4.69, 9.17) is 9.15 Å². The number of urea groups is 1. The van der Waals surface area contributed by atoms with Gasteiger partial charge in [-0.25, -0.2) is 4.79 Å². The van der Waals surface area contributed by atoms with Gasteiger partial charge in [0.15, 0.2) is 0 Å². The van der Waals surface area contributed by atoms with Gasteiger partial charge in [-0.2, -0.15) is 5.26 Å². The number of nitrogens with one attached hydrogen (secondary N) is 2. The largest absolute Gasteiger partial charge is 0.482 e. The van der Waals surface area contributed by atoms with Gasteiger partial charge in [0.05, 0.1) is 24.6 Å². The Morgan fingerprint density at radius 1 is 1.05 bits per heavy atom. The van der Waals surface area contributed by atoms with E-state index in [2.05, 4.69) is 21.6 Å². The highest BCUT2D eigenvalue weighted by molar-refractivity contribution is 6.05. The first-order chi connectivity index (χ1) is 19.4. The molecule has 5 rings (SSSR count). The molecule has 2 fully saturated rings. The lowest BCUT2D eigenvalue weighted by Gasteiger charge is -2.34. The zero-order chi connectivity index (χ0) is 28.1. The van der Waals surface area contributed by atoms with Crippen LogP contribution in [0.2, 0.25) is 0 Å². The number of hydrogen-bond acceptors (Lipinski definition) is 8. The van der Waals surface area contributed by atoms with Gasteiger partial charge in [-0.15, -0.1) is 0 Å². The second-order valence-electron chi connectivity index (χ2n) is 9.59. The predicted molar refractivity (Wildman–Crippen MR) is 143 cm³/mol. The normalized spacial score (nSPS) is 17.2. The minimum Gasteiger partial charge on any atom is -0.482 e. The third-order valence-corrected chi connectivity index (χ3v) is 6.90. The van der Waals surface area contributed by atoms with Crippen LogP contribution in [-0.4, -0.2) is 59.9 Å². The number of carbonyl (C=O) groups is 3. The first-order valence-corrected chi connectivity index (χ1v) is 12.8. The Balaban J connectivity index is 1.10. The molecule has 2 N–H and O–H groups in total. The molecule has 2 aromatic carbocycles. The summed E-state index contributed by atoms with van der Waals surface area (Å²) in [6.45, 7) is 2.68. The lowest BCUT2D eigenvalue weighted by molar-refractivity contribution is -0.135. The second kappa shape index (κ2) is 11.8. The van der Waals surface area contributed by atoms with Crippen molar-refractivity contribution in [2.24, 2.45) is 0 Å². The van der Waals surface area contributed by atoms with Crippen molar-refractivity contribution in [3.05, 3.63) is 88.0 Å². The number of rotatable bonds is 8. The van der Waals surface area contributed by atoms with Gasteiger partial charge in [0.2, 0.25) is 17.1 Å². The molecular weight excluding hydrogens is 514 g/mol. The van der Waals surface area contributed by atoms with E-state index in [0.717, 1.165) is 16.7 Å². The molecule has 11 nitrogen and oxygen atoms in total. The van der Waals surface area contributed by atoms with Crippen LogP contribution in [-0.2, 0) is 22.7 Å². The maximum atomic E-state index is 12.6. The van der Waals surface area contributed by atoms with Gasteiger partial charge in [0.25, 0.3) is 5.91 Å². The lowest BCUT2D eigenvalue weighted by atomic mass is 9.99. The molecule has 0 saturated carbocycles. The Kier molecular flexibility index (Phi) is 7.89. The third-order valence-electron chi connectivity index (χ3n) is 6.90. The van der Waals surface area contributed by atoms with Crippen molar-refractivity contribution in [1.29, 1.82) is 5.26 Å². The highest BCUT2D eigenvalue weighted by Gasteiger charge is 2.33. The topological polar surface area (TPSA) is 145 Å². The standard InChI is InChI=1S/C29H27N5O6/c30-15-21-3-1-2-4-23(21)20-7-5-19(6-8-20)17-40-26-18-39-22(13-25(26)35)16-33-9-11-34(12-10-33)27(36)14-24-28(37)32-29(38)31-24/h1-8,13,18,24H,9-12,14,16-17H2,(H2,31,32,37,38)/t24-/m1/s1. The summed E-state index contributed by atoms with van der Waals surface area (Å²) in [6.07, 6.45) is 1.24. The molecule has 3 heterocycles. The number of benzene rings is 2. The quantitative estimate of drug-likeness (QED) is 0.412. The molecule has 4 amide bonds. The fourth-order valence-electron chi connectivity index (χ4n) is 4.68. The highest BCUT2D eigenvalue weighted by Crippen LogP contribution is 2.24. The molecular formula is C29H27N5O6. The van der Waals surface area contributed by atoms with Crippen molar-refractivity contribution in [1.82, 2.24) is 20.4 Å². The maximum Gasteiger partial charge on any atom is 0.322 e. The smallest absolute Gasteiger partial charge is 0.322 e. The van der Waals surface area contributed by atoms with E-state index in [1.165, 1.54) is 12.3 Å². The third kappa shape index (κ3) is 6.19. The van der Waals surface area contributed by atoms with E-state index in [1.54, 1.807) is 11.0 Å². The summed E-state index contributed by atoms with van der Waals surface area (Å²) in [5.41, 5.74) is 2.96.